The average molecular weight is 302 g/mol. The van der Waals surface area contributed by atoms with E-state index in [2.05, 4.69) is 46.9 Å². The lowest BCUT2D eigenvalue weighted by Crippen LogP contribution is -2.28. The summed E-state index contributed by atoms with van der Waals surface area (Å²) in [5.41, 5.74) is 3.35. The van der Waals surface area contributed by atoms with Crippen LogP contribution < -0.4 is 10.6 Å². The summed E-state index contributed by atoms with van der Waals surface area (Å²) in [6.45, 7) is 2.84. The van der Waals surface area contributed by atoms with Crippen molar-refractivity contribution in [1.29, 1.82) is 0 Å². The first-order chi connectivity index (χ1) is 10.2. The molecule has 112 valence electrons. The Hall–Kier alpha value is -1.88. The molecule has 0 radical (unpaired) electrons. The van der Waals surface area contributed by atoms with Crippen LogP contribution in [-0.2, 0) is 20.0 Å². The van der Waals surface area contributed by atoms with E-state index in [1.165, 1.54) is 18.4 Å². The molecule has 1 aromatic heterocycles. The van der Waals surface area contributed by atoms with Crippen LogP contribution in [0, 0.1) is 0 Å². The molecule has 2 aromatic rings. The van der Waals surface area contributed by atoms with Gasteiger partial charge < -0.3 is 10.6 Å². The van der Waals surface area contributed by atoms with E-state index >= 15 is 0 Å². The molecule has 1 heterocycles. The first kappa shape index (κ1) is 15.5. The Kier molecular flexibility index (Phi) is 5.75. The molecule has 0 amide bonds. The maximum absolute atomic E-state index is 5.29. The van der Waals surface area contributed by atoms with Gasteiger partial charge in [-0.15, -0.1) is 0 Å². The van der Waals surface area contributed by atoms with Gasteiger partial charge in [-0.25, -0.2) is 0 Å². The van der Waals surface area contributed by atoms with Crippen LogP contribution in [0.15, 0.2) is 36.5 Å². The molecule has 0 aliphatic heterocycles. The average Bonchev–Trinajstić information content (AvgIpc) is 2.90. The highest BCUT2D eigenvalue weighted by Crippen LogP contribution is 2.11. The van der Waals surface area contributed by atoms with Gasteiger partial charge in [0.05, 0.1) is 12.2 Å². The second kappa shape index (κ2) is 7.78. The molecule has 4 nitrogen and oxygen atoms in total. The molecule has 0 fully saturated rings. The van der Waals surface area contributed by atoms with E-state index in [0.717, 1.165) is 17.8 Å². The van der Waals surface area contributed by atoms with E-state index in [9.17, 15) is 0 Å². The molecule has 0 unspecified atom stereocenters. The predicted octanol–water partition coefficient (Wildman–Crippen LogP) is 3.25. The molecule has 0 saturated carbocycles. The highest BCUT2D eigenvalue weighted by atomic mass is 32.1. The van der Waals surface area contributed by atoms with E-state index < -0.39 is 0 Å². The molecule has 0 aliphatic carbocycles. The summed E-state index contributed by atoms with van der Waals surface area (Å²) in [6, 6.07) is 10.4. The largest absolute Gasteiger partial charge is 0.357 e. The Labute approximate surface area is 131 Å². The molecule has 0 saturated heterocycles. The molecule has 0 aliphatic rings. The first-order valence-corrected chi connectivity index (χ1v) is 7.70. The maximum Gasteiger partial charge on any atom is 0.171 e. The summed E-state index contributed by atoms with van der Waals surface area (Å²) in [4.78, 5) is 0. The number of nitrogens with zero attached hydrogens (tertiary/aromatic N) is 2. The SMILES string of the molecule is CCCCc1ccc(NC(=S)NCc2ccn(C)n2)cc1. The summed E-state index contributed by atoms with van der Waals surface area (Å²) < 4.78 is 1.78. The van der Waals surface area contributed by atoms with Crippen LogP contribution in [0.4, 0.5) is 5.69 Å². The molecular weight excluding hydrogens is 280 g/mol. The van der Waals surface area contributed by atoms with Gasteiger partial charge >= 0.3 is 0 Å². The van der Waals surface area contributed by atoms with Crippen molar-refractivity contribution in [2.75, 3.05) is 5.32 Å². The third kappa shape index (κ3) is 5.19. The molecule has 2 N–H and O–H groups in total. The number of benzene rings is 1. The standard InChI is InChI=1S/C16H22N4S/c1-3-4-5-13-6-8-14(9-7-13)18-16(21)17-12-15-10-11-20(2)19-15/h6-11H,3-5,12H2,1-2H3,(H2,17,18,21). The number of aryl methyl sites for hydroxylation is 2. The van der Waals surface area contributed by atoms with Crippen molar-refractivity contribution in [3.63, 3.8) is 0 Å². The van der Waals surface area contributed by atoms with Crippen LogP contribution in [0.3, 0.4) is 0 Å². The zero-order chi connectivity index (χ0) is 15.1. The molecule has 1 aromatic carbocycles. The van der Waals surface area contributed by atoms with E-state index in [0.29, 0.717) is 11.7 Å². The summed E-state index contributed by atoms with van der Waals surface area (Å²) in [5.74, 6) is 0. The normalized spacial score (nSPS) is 10.4. The van der Waals surface area contributed by atoms with Crippen LogP contribution in [0.5, 0.6) is 0 Å². The number of rotatable bonds is 6. The van der Waals surface area contributed by atoms with Crippen LogP contribution in [0.2, 0.25) is 0 Å². The van der Waals surface area contributed by atoms with E-state index in [1.54, 1.807) is 4.68 Å². The van der Waals surface area contributed by atoms with Crippen LogP contribution in [-0.4, -0.2) is 14.9 Å². The molecule has 0 spiro atoms. The summed E-state index contributed by atoms with van der Waals surface area (Å²) in [6.07, 6.45) is 5.51. The summed E-state index contributed by atoms with van der Waals surface area (Å²) >= 11 is 5.29. The third-order valence-corrected chi connectivity index (χ3v) is 3.48. The monoisotopic (exact) mass is 302 g/mol. The zero-order valence-corrected chi connectivity index (χ0v) is 13.4. The number of anilines is 1. The van der Waals surface area contributed by atoms with Crippen molar-refractivity contribution in [1.82, 2.24) is 15.1 Å². The van der Waals surface area contributed by atoms with Crippen molar-refractivity contribution in [3.05, 3.63) is 47.8 Å². The van der Waals surface area contributed by atoms with Crippen molar-refractivity contribution in [2.45, 2.75) is 32.7 Å². The molecule has 0 atom stereocenters. The lowest BCUT2D eigenvalue weighted by atomic mass is 10.1. The Morgan fingerprint density at radius 3 is 2.62 bits per heavy atom. The van der Waals surface area contributed by atoms with Gasteiger partial charge in [0.25, 0.3) is 0 Å². The fourth-order valence-corrected chi connectivity index (χ4v) is 2.23. The van der Waals surface area contributed by atoms with Gasteiger partial charge in [-0.05, 0) is 48.8 Å². The topological polar surface area (TPSA) is 41.9 Å². The van der Waals surface area contributed by atoms with Crippen molar-refractivity contribution < 1.29 is 0 Å². The molecular formula is C16H22N4S. The van der Waals surface area contributed by atoms with Crippen molar-refractivity contribution >= 4 is 23.0 Å². The smallest absolute Gasteiger partial charge is 0.171 e. The van der Waals surface area contributed by atoms with Crippen molar-refractivity contribution in [2.24, 2.45) is 7.05 Å². The van der Waals surface area contributed by atoms with Gasteiger partial charge in [0.15, 0.2) is 5.11 Å². The van der Waals surface area contributed by atoms with Gasteiger partial charge in [-0.3, -0.25) is 4.68 Å². The highest BCUT2D eigenvalue weighted by Gasteiger charge is 2.00. The van der Waals surface area contributed by atoms with Crippen molar-refractivity contribution in [3.8, 4) is 0 Å². The Morgan fingerprint density at radius 1 is 1.24 bits per heavy atom. The fraction of sp³-hybridized carbons (Fsp3) is 0.375. The van der Waals surface area contributed by atoms with Gasteiger partial charge in [0, 0.05) is 18.9 Å². The quantitative estimate of drug-likeness (QED) is 0.804. The minimum atomic E-state index is 0.613. The fourth-order valence-electron chi connectivity index (χ4n) is 2.04. The second-order valence-electron chi connectivity index (χ2n) is 5.09. The summed E-state index contributed by atoms with van der Waals surface area (Å²) in [7, 11) is 1.90. The lowest BCUT2D eigenvalue weighted by molar-refractivity contribution is 0.731. The van der Waals surface area contributed by atoms with Gasteiger partial charge in [-0.2, -0.15) is 5.10 Å². The maximum atomic E-state index is 5.29. The minimum absolute atomic E-state index is 0.613. The Balaban J connectivity index is 1.79. The van der Waals surface area contributed by atoms with Crippen LogP contribution in [0.25, 0.3) is 0 Å². The van der Waals surface area contributed by atoms with Gasteiger partial charge in [0.1, 0.15) is 0 Å². The van der Waals surface area contributed by atoms with Crippen LogP contribution >= 0.6 is 12.2 Å². The third-order valence-electron chi connectivity index (χ3n) is 3.23. The van der Waals surface area contributed by atoms with E-state index in [1.807, 2.05) is 19.3 Å². The van der Waals surface area contributed by atoms with Gasteiger partial charge in [-0.1, -0.05) is 25.5 Å². The highest BCUT2D eigenvalue weighted by molar-refractivity contribution is 7.80. The summed E-state index contributed by atoms with van der Waals surface area (Å²) in [5, 5.41) is 11.3. The number of hydrogen-bond donors (Lipinski definition) is 2. The first-order valence-electron chi connectivity index (χ1n) is 7.29. The predicted molar refractivity (Wildman–Crippen MR) is 91.3 cm³/mol. The molecule has 21 heavy (non-hydrogen) atoms. The lowest BCUT2D eigenvalue weighted by Gasteiger charge is -2.10. The Bertz CT molecular complexity index is 574. The number of aromatic nitrogens is 2. The minimum Gasteiger partial charge on any atom is -0.357 e. The second-order valence-corrected chi connectivity index (χ2v) is 5.50. The number of hydrogen-bond acceptors (Lipinski definition) is 2. The Morgan fingerprint density at radius 2 is 2.00 bits per heavy atom. The van der Waals surface area contributed by atoms with E-state index in [-0.39, 0.29) is 0 Å². The number of thiocarbonyl (C=S) groups is 1. The van der Waals surface area contributed by atoms with E-state index in [4.69, 9.17) is 12.2 Å². The molecule has 5 heteroatoms. The molecule has 2 rings (SSSR count). The van der Waals surface area contributed by atoms with Gasteiger partial charge in [0.2, 0.25) is 0 Å². The molecule has 0 bridgehead atoms. The zero-order valence-electron chi connectivity index (χ0n) is 12.6. The number of unbranched alkanes of at least 4 members (excludes halogenated alkanes) is 1. The van der Waals surface area contributed by atoms with Crippen LogP contribution in [0.1, 0.15) is 31.0 Å². The number of nitrogens with one attached hydrogen (secondary N) is 2.